The van der Waals surface area contributed by atoms with Crippen LogP contribution in [0.15, 0.2) is 53.0 Å². The molecular weight excluding hydrogens is 382 g/mol. The van der Waals surface area contributed by atoms with Crippen LogP contribution in [0.25, 0.3) is 0 Å². The third kappa shape index (κ3) is 3.93. The Bertz CT molecular complexity index is 596. The van der Waals surface area contributed by atoms with Crippen molar-refractivity contribution in [3.8, 4) is 0 Å². The second-order valence-electron chi connectivity index (χ2n) is 4.62. The van der Waals surface area contributed by atoms with E-state index in [9.17, 15) is 4.79 Å². The summed E-state index contributed by atoms with van der Waals surface area (Å²) in [7, 11) is 1.82. The highest BCUT2D eigenvalue weighted by molar-refractivity contribution is 9.10. The Hall–Kier alpha value is -1.13. The highest BCUT2D eigenvalue weighted by Crippen LogP contribution is 2.15. The van der Waals surface area contributed by atoms with E-state index in [-0.39, 0.29) is 5.91 Å². The molecule has 0 fully saturated rings. The van der Waals surface area contributed by atoms with Gasteiger partial charge in [0.15, 0.2) is 0 Å². The number of nitrogens with zero attached hydrogens (tertiary/aromatic N) is 1. The van der Waals surface area contributed by atoms with E-state index in [4.69, 9.17) is 0 Å². The molecule has 0 atom stereocenters. The molecule has 0 bridgehead atoms. The van der Waals surface area contributed by atoms with Gasteiger partial charge in [0.2, 0.25) is 0 Å². The predicted octanol–water partition coefficient (Wildman–Crippen LogP) is 4.62. The summed E-state index contributed by atoms with van der Waals surface area (Å²) in [6, 6.07) is 15.7. The van der Waals surface area contributed by atoms with E-state index in [1.54, 1.807) is 4.90 Å². The zero-order chi connectivity index (χ0) is 14.5. The summed E-state index contributed by atoms with van der Waals surface area (Å²) in [4.78, 5) is 14.1. The molecule has 0 saturated heterocycles. The van der Waals surface area contributed by atoms with E-state index < -0.39 is 0 Å². The smallest absolute Gasteiger partial charge is 0.253 e. The summed E-state index contributed by atoms with van der Waals surface area (Å²) in [6.45, 7) is 0.596. The first kappa shape index (κ1) is 15.3. The monoisotopic (exact) mass is 395 g/mol. The number of alkyl halides is 1. The van der Waals surface area contributed by atoms with E-state index in [2.05, 4.69) is 31.9 Å². The molecule has 0 aliphatic rings. The predicted molar refractivity (Wildman–Crippen MR) is 89.0 cm³/mol. The van der Waals surface area contributed by atoms with Gasteiger partial charge in [-0.3, -0.25) is 4.79 Å². The van der Waals surface area contributed by atoms with E-state index >= 15 is 0 Å². The third-order valence-corrected chi connectivity index (χ3v) is 4.15. The normalized spacial score (nSPS) is 10.3. The molecule has 4 heteroatoms. The lowest BCUT2D eigenvalue weighted by atomic mass is 10.1. The first-order valence-corrected chi connectivity index (χ1v) is 8.16. The van der Waals surface area contributed by atoms with Crippen molar-refractivity contribution in [2.24, 2.45) is 0 Å². The topological polar surface area (TPSA) is 20.3 Å². The molecule has 0 heterocycles. The summed E-state index contributed by atoms with van der Waals surface area (Å²) in [6.07, 6.45) is 0. The van der Waals surface area contributed by atoms with Crippen molar-refractivity contribution in [2.45, 2.75) is 11.9 Å². The lowest BCUT2D eigenvalue weighted by Crippen LogP contribution is -2.26. The maximum absolute atomic E-state index is 12.3. The molecule has 0 unspecified atom stereocenters. The Morgan fingerprint density at radius 2 is 1.80 bits per heavy atom. The molecule has 0 spiro atoms. The van der Waals surface area contributed by atoms with E-state index in [1.807, 2.05) is 55.6 Å². The molecule has 0 N–H and O–H groups in total. The van der Waals surface area contributed by atoms with Crippen molar-refractivity contribution in [2.75, 3.05) is 7.05 Å². The molecule has 0 saturated carbocycles. The van der Waals surface area contributed by atoms with E-state index in [0.29, 0.717) is 12.1 Å². The first-order valence-electron chi connectivity index (χ1n) is 6.25. The quantitative estimate of drug-likeness (QED) is 0.690. The van der Waals surface area contributed by atoms with Gasteiger partial charge in [-0.25, -0.2) is 0 Å². The second kappa shape index (κ2) is 7.04. The maximum Gasteiger partial charge on any atom is 0.253 e. The van der Waals surface area contributed by atoms with E-state index in [1.165, 1.54) is 0 Å². The van der Waals surface area contributed by atoms with Crippen molar-refractivity contribution in [1.82, 2.24) is 4.90 Å². The average molecular weight is 397 g/mol. The van der Waals surface area contributed by atoms with Gasteiger partial charge in [0.1, 0.15) is 0 Å². The fourth-order valence-corrected chi connectivity index (χ4v) is 2.76. The van der Waals surface area contributed by atoms with Gasteiger partial charge >= 0.3 is 0 Å². The van der Waals surface area contributed by atoms with Crippen molar-refractivity contribution in [1.29, 1.82) is 0 Å². The molecule has 2 aromatic rings. The van der Waals surface area contributed by atoms with Crippen LogP contribution in [0.4, 0.5) is 0 Å². The third-order valence-electron chi connectivity index (χ3n) is 3.01. The summed E-state index contributed by atoms with van der Waals surface area (Å²) >= 11 is 6.84. The number of carbonyl (C=O) groups excluding carboxylic acids is 1. The number of benzene rings is 2. The maximum atomic E-state index is 12.3. The fraction of sp³-hybridized carbons (Fsp3) is 0.188. The summed E-state index contributed by atoms with van der Waals surface area (Å²) in [5.74, 6) is 0.0334. The van der Waals surface area contributed by atoms with Crippen LogP contribution >= 0.6 is 31.9 Å². The zero-order valence-corrected chi connectivity index (χ0v) is 14.3. The van der Waals surface area contributed by atoms with Crippen LogP contribution in [0, 0.1) is 0 Å². The Morgan fingerprint density at radius 1 is 1.10 bits per heavy atom. The van der Waals surface area contributed by atoms with Gasteiger partial charge in [-0.05, 0) is 35.4 Å². The lowest BCUT2D eigenvalue weighted by molar-refractivity contribution is 0.0785. The van der Waals surface area contributed by atoms with Crippen molar-refractivity contribution >= 4 is 37.8 Å². The van der Waals surface area contributed by atoms with Crippen LogP contribution in [0.3, 0.4) is 0 Å². The minimum absolute atomic E-state index is 0.0334. The minimum atomic E-state index is 0.0334. The lowest BCUT2D eigenvalue weighted by Gasteiger charge is -2.17. The molecule has 1 amide bonds. The molecular formula is C16H15Br2NO. The van der Waals surface area contributed by atoms with Crippen LogP contribution in [0.1, 0.15) is 21.5 Å². The molecule has 2 rings (SSSR count). The van der Waals surface area contributed by atoms with Gasteiger partial charge in [0, 0.05) is 29.0 Å². The molecule has 2 nitrogen and oxygen atoms in total. The SMILES string of the molecule is CN(Cc1cccc(Br)c1)C(=O)c1ccc(CBr)cc1. The Labute approximate surface area is 136 Å². The van der Waals surface area contributed by atoms with E-state index in [0.717, 1.165) is 20.9 Å². The van der Waals surface area contributed by atoms with Crippen LogP contribution < -0.4 is 0 Å². The van der Waals surface area contributed by atoms with Gasteiger partial charge in [-0.2, -0.15) is 0 Å². The Kier molecular flexibility index (Phi) is 5.38. The average Bonchev–Trinajstić information content (AvgIpc) is 2.46. The first-order chi connectivity index (χ1) is 9.60. The number of carbonyl (C=O) groups is 1. The Balaban J connectivity index is 2.07. The van der Waals surface area contributed by atoms with Crippen molar-refractivity contribution in [3.63, 3.8) is 0 Å². The van der Waals surface area contributed by atoms with Crippen LogP contribution in [-0.4, -0.2) is 17.9 Å². The molecule has 0 radical (unpaired) electrons. The van der Waals surface area contributed by atoms with Gasteiger partial charge in [-0.1, -0.05) is 56.1 Å². The molecule has 0 aliphatic heterocycles. The van der Waals surface area contributed by atoms with Gasteiger partial charge in [-0.15, -0.1) is 0 Å². The molecule has 104 valence electrons. The van der Waals surface area contributed by atoms with Crippen molar-refractivity contribution < 1.29 is 4.79 Å². The van der Waals surface area contributed by atoms with Gasteiger partial charge in [0.25, 0.3) is 5.91 Å². The van der Waals surface area contributed by atoms with Crippen LogP contribution in [-0.2, 0) is 11.9 Å². The molecule has 20 heavy (non-hydrogen) atoms. The van der Waals surface area contributed by atoms with Crippen LogP contribution in [0.2, 0.25) is 0 Å². The standard InChI is InChI=1S/C16H15Br2NO/c1-19(11-13-3-2-4-15(18)9-13)16(20)14-7-5-12(10-17)6-8-14/h2-9H,10-11H2,1H3. The molecule has 0 aliphatic carbocycles. The highest BCUT2D eigenvalue weighted by atomic mass is 79.9. The zero-order valence-electron chi connectivity index (χ0n) is 11.1. The number of halogens is 2. The molecule has 2 aromatic carbocycles. The molecule has 0 aromatic heterocycles. The second-order valence-corrected chi connectivity index (χ2v) is 6.10. The largest absolute Gasteiger partial charge is 0.337 e. The summed E-state index contributed by atoms with van der Waals surface area (Å²) in [5, 5.41) is 0.801. The van der Waals surface area contributed by atoms with Gasteiger partial charge in [0.05, 0.1) is 0 Å². The van der Waals surface area contributed by atoms with Gasteiger partial charge < -0.3 is 4.90 Å². The number of hydrogen-bond acceptors (Lipinski definition) is 1. The summed E-state index contributed by atoms with van der Waals surface area (Å²) < 4.78 is 1.03. The number of hydrogen-bond donors (Lipinski definition) is 0. The van der Waals surface area contributed by atoms with Crippen LogP contribution in [0.5, 0.6) is 0 Å². The fourth-order valence-electron chi connectivity index (χ4n) is 1.94. The Morgan fingerprint density at radius 3 is 2.40 bits per heavy atom. The highest BCUT2D eigenvalue weighted by Gasteiger charge is 2.11. The summed E-state index contributed by atoms with van der Waals surface area (Å²) in [5.41, 5.74) is 2.98. The van der Waals surface area contributed by atoms with Crippen molar-refractivity contribution in [3.05, 3.63) is 69.7 Å². The minimum Gasteiger partial charge on any atom is -0.337 e. The number of rotatable bonds is 4. The number of amides is 1.